The van der Waals surface area contributed by atoms with Crippen molar-refractivity contribution in [2.45, 2.75) is 24.9 Å². The van der Waals surface area contributed by atoms with Gasteiger partial charge in [0.1, 0.15) is 0 Å². The minimum absolute atomic E-state index is 0.172. The average molecular weight is 403 g/mol. The quantitative estimate of drug-likeness (QED) is 0.315. The minimum Gasteiger partial charge on any atom is -0.465 e. The molecule has 0 aliphatic rings. The topological polar surface area (TPSA) is 69.9 Å². The fraction of sp³-hybridized carbons (Fsp3) is 0.263. The molecule has 140 valence electrons. The molecule has 0 aliphatic carbocycles. The van der Waals surface area contributed by atoms with Gasteiger partial charge in [0.05, 0.1) is 12.4 Å². The van der Waals surface area contributed by atoms with Gasteiger partial charge in [0.25, 0.3) is 0 Å². The van der Waals surface area contributed by atoms with Crippen LogP contribution in [0.15, 0.2) is 53.9 Å². The van der Waals surface area contributed by atoms with E-state index in [0.717, 1.165) is 24.1 Å². The molecule has 0 atom stereocenters. The van der Waals surface area contributed by atoms with E-state index in [0.29, 0.717) is 22.6 Å². The molecule has 0 amide bonds. The molecule has 0 spiro atoms. The first-order valence-electron chi connectivity index (χ1n) is 8.59. The minimum atomic E-state index is -0.260. The predicted octanol–water partition coefficient (Wildman–Crippen LogP) is 4.42. The Morgan fingerprint density at radius 2 is 1.89 bits per heavy atom. The first kappa shape index (κ1) is 19.4. The number of esters is 1. The number of ether oxygens (including phenoxy) is 1. The van der Waals surface area contributed by atoms with Gasteiger partial charge in [-0.15, -0.1) is 10.2 Å². The summed E-state index contributed by atoms with van der Waals surface area (Å²) in [5.74, 6) is 0.581. The van der Waals surface area contributed by atoms with Gasteiger partial charge in [-0.25, -0.2) is 0 Å². The zero-order valence-corrected chi connectivity index (χ0v) is 16.4. The second kappa shape index (κ2) is 9.53. The maximum Gasteiger partial charge on any atom is 0.316 e. The molecule has 3 aromatic rings. The highest BCUT2D eigenvalue weighted by Crippen LogP contribution is 2.28. The lowest BCUT2D eigenvalue weighted by Gasteiger charge is -2.10. The lowest BCUT2D eigenvalue weighted by molar-refractivity contribution is -0.140. The summed E-state index contributed by atoms with van der Waals surface area (Å²) in [6.07, 6.45) is 5.26. The smallest absolute Gasteiger partial charge is 0.316 e. The summed E-state index contributed by atoms with van der Waals surface area (Å²) in [7, 11) is 0. The summed E-state index contributed by atoms with van der Waals surface area (Å²) in [5.41, 5.74) is 1.74. The van der Waals surface area contributed by atoms with Gasteiger partial charge in [-0.1, -0.05) is 36.7 Å². The molecule has 0 radical (unpaired) electrons. The van der Waals surface area contributed by atoms with Crippen LogP contribution < -0.4 is 0 Å². The third-order valence-corrected chi connectivity index (χ3v) is 4.89. The molecule has 0 aliphatic heterocycles. The van der Waals surface area contributed by atoms with Gasteiger partial charge in [-0.3, -0.25) is 14.3 Å². The van der Waals surface area contributed by atoms with Crippen LogP contribution in [0.25, 0.3) is 17.1 Å². The molecular formula is C19H19ClN4O2S. The Hall–Kier alpha value is -2.38. The summed E-state index contributed by atoms with van der Waals surface area (Å²) in [6, 6.07) is 11.1. The first-order chi connectivity index (χ1) is 13.2. The van der Waals surface area contributed by atoms with Crippen molar-refractivity contribution in [2.24, 2.45) is 0 Å². The molecule has 0 unspecified atom stereocenters. The van der Waals surface area contributed by atoms with Gasteiger partial charge in [0.2, 0.25) is 0 Å². The molecule has 3 rings (SSSR count). The highest BCUT2D eigenvalue weighted by molar-refractivity contribution is 7.99. The Morgan fingerprint density at radius 3 is 2.59 bits per heavy atom. The second-order valence-electron chi connectivity index (χ2n) is 5.72. The van der Waals surface area contributed by atoms with Crippen molar-refractivity contribution in [1.82, 2.24) is 19.7 Å². The van der Waals surface area contributed by atoms with Crippen molar-refractivity contribution >= 4 is 29.3 Å². The number of thioether (sulfide) groups is 1. The number of pyridine rings is 1. The van der Waals surface area contributed by atoms with Crippen LogP contribution in [-0.4, -0.2) is 38.1 Å². The van der Waals surface area contributed by atoms with E-state index in [1.54, 1.807) is 24.5 Å². The number of hydrogen-bond acceptors (Lipinski definition) is 6. The van der Waals surface area contributed by atoms with E-state index in [9.17, 15) is 4.79 Å². The second-order valence-corrected chi connectivity index (χ2v) is 7.10. The predicted molar refractivity (Wildman–Crippen MR) is 106 cm³/mol. The van der Waals surface area contributed by atoms with Crippen LogP contribution in [0.3, 0.4) is 0 Å². The summed E-state index contributed by atoms with van der Waals surface area (Å²) in [5, 5.41) is 9.84. The van der Waals surface area contributed by atoms with E-state index in [-0.39, 0.29) is 11.7 Å². The SMILES string of the molecule is CCCCOC(=O)CSc1nnc(-c2ccncc2)n1-c1ccc(Cl)cc1. The van der Waals surface area contributed by atoms with Crippen molar-refractivity contribution < 1.29 is 9.53 Å². The van der Waals surface area contributed by atoms with E-state index in [1.807, 2.05) is 28.8 Å². The van der Waals surface area contributed by atoms with Gasteiger partial charge in [0.15, 0.2) is 11.0 Å². The first-order valence-corrected chi connectivity index (χ1v) is 9.95. The molecule has 6 nitrogen and oxygen atoms in total. The molecule has 0 bridgehead atoms. The van der Waals surface area contributed by atoms with Gasteiger partial charge in [-0.05, 0) is 42.8 Å². The fourth-order valence-electron chi connectivity index (χ4n) is 2.37. The number of halogens is 1. The Bertz CT molecular complexity index is 884. The van der Waals surface area contributed by atoms with Gasteiger partial charge in [0, 0.05) is 28.7 Å². The van der Waals surface area contributed by atoms with E-state index < -0.39 is 0 Å². The number of hydrogen-bond donors (Lipinski definition) is 0. The van der Waals surface area contributed by atoms with E-state index in [1.165, 1.54) is 11.8 Å². The van der Waals surface area contributed by atoms with Gasteiger partial charge >= 0.3 is 5.97 Å². The molecular weight excluding hydrogens is 384 g/mol. The van der Waals surface area contributed by atoms with Crippen LogP contribution in [0, 0.1) is 0 Å². The maximum atomic E-state index is 11.9. The molecule has 2 aromatic heterocycles. The molecule has 0 fully saturated rings. The molecule has 1 aromatic carbocycles. The van der Waals surface area contributed by atoms with Crippen molar-refractivity contribution in [3.63, 3.8) is 0 Å². The van der Waals surface area contributed by atoms with Crippen LogP contribution in [0.4, 0.5) is 0 Å². The fourth-order valence-corrected chi connectivity index (χ4v) is 3.25. The Morgan fingerprint density at radius 1 is 1.15 bits per heavy atom. The molecule has 0 N–H and O–H groups in total. The Balaban J connectivity index is 1.86. The van der Waals surface area contributed by atoms with Gasteiger partial charge < -0.3 is 4.74 Å². The highest BCUT2D eigenvalue weighted by atomic mass is 35.5. The van der Waals surface area contributed by atoms with Crippen LogP contribution >= 0.6 is 23.4 Å². The number of unbranched alkanes of at least 4 members (excludes halogenated alkanes) is 1. The van der Waals surface area contributed by atoms with Crippen molar-refractivity contribution in [2.75, 3.05) is 12.4 Å². The summed E-state index contributed by atoms with van der Waals surface area (Å²) < 4.78 is 7.11. The van der Waals surface area contributed by atoms with Crippen molar-refractivity contribution in [3.05, 3.63) is 53.8 Å². The van der Waals surface area contributed by atoms with Crippen molar-refractivity contribution in [3.8, 4) is 17.1 Å². The van der Waals surface area contributed by atoms with Crippen molar-refractivity contribution in [1.29, 1.82) is 0 Å². The number of carbonyl (C=O) groups is 1. The third kappa shape index (κ3) is 5.08. The zero-order valence-electron chi connectivity index (χ0n) is 14.8. The van der Waals surface area contributed by atoms with Crippen LogP contribution in [0.1, 0.15) is 19.8 Å². The number of aromatic nitrogens is 4. The molecule has 2 heterocycles. The summed E-state index contributed by atoms with van der Waals surface area (Å²) >= 11 is 7.31. The molecule has 0 saturated carbocycles. The van der Waals surface area contributed by atoms with E-state index >= 15 is 0 Å². The van der Waals surface area contributed by atoms with E-state index in [4.69, 9.17) is 16.3 Å². The van der Waals surface area contributed by atoms with Gasteiger partial charge in [-0.2, -0.15) is 0 Å². The third-order valence-electron chi connectivity index (χ3n) is 3.74. The number of carbonyl (C=O) groups excluding carboxylic acids is 1. The Kier molecular flexibility index (Phi) is 6.84. The van der Waals surface area contributed by atoms with E-state index in [2.05, 4.69) is 22.1 Å². The number of benzene rings is 1. The average Bonchev–Trinajstić information content (AvgIpc) is 3.12. The number of nitrogens with zero attached hydrogens (tertiary/aromatic N) is 4. The molecule has 27 heavy (non-hydrogen) atoms. The molecule has 8 heteroatoms. The molecule has 0 saturated heterocycles. The maximum absolute atomic E-state index is 11.9. The highest BCUT2D eigenvalue weighted by Gasteiger charge is 2.17. The lowest BCUT2D eigenvalue weighted by Crippen LogP contribution is -2.09. The van der Waals surface area contributed by atoms with Crippen LogP contribution in [0.5, 0.6) is 0 Å². The Labute approximate surface area is 166 Å². The standard InChI is InChI=1S/C19H19ClN4O2S/c1-2-3-12-26-17(25)13-27-19-23-22-18(14-8-10-21-11-9-14)24(19)16-6-4-15(20)5-7-16/h4-11H,2-3,12-13H2,1H3. The normalized spacial score (nSPS) is 10.7. The van der Waals surface area contributed by atoms with Crippen LogP contribution in [0.2, 0.25) is 5.02 Å². The summed E-state index contributed by atoms with van der Waals surface area (Å²) in [6.45, 7) is 2.50. The zero-order chi connectivity index (χ0) is 19.1. The largest absolute Gasteiger partial charge is 0.465 e. The number of rotatable bonds is 8. The monoisotopic (exact) mass is 402 g/mol. The lowest BCUT2D eigenvalue weighted by atomic mass is 10.2. The summed E-state index contributed by atoms with van der Waals surface area (Å²) in [4.78, 5) is 16.0. The van der Waals surface area contributed by atoms with Crippen LogP contribution in [-0.2, 0) is 9.53 Å².